The second-order valence-electron chi connectivity index (χ2n) is 3.62. The second kappa shape index (κ2) is 10.5. The summed E-state index contributed by atoms with van der Waals surface area (Å²) in [6.07, 6.45) is 0. The minimum Gasteiger partial charge on any atom is -0.215 e. The predicted molar refractivity (Wildman–Crippen MR) is 120 cm³/mol. The van der Waals surface area contributed by atoms with Crippen LogP contribution in [0.5, 0.6) is 0 Å². The Hall–Kier alpha value is 3.33. The summed E-state index contributed by atoms with van der Waals surface area (Å²) in [6.45, 7) is 0. The average molecular weight is 875 g/mol. The van der Waals surface area contributed by atoms with Gasteiger partial charge < -0.3 is 0 Å². The molecule has 1 heterocycles. The molecule has 0 aliphatic carbocycles. The van der Waals surface area contributed by atoms with Crippen LogP contribution in [0, 0.1) is 0 Å². The van der Waals surface area contributed by atoms with E-state index >= 15 is 0 Å². The van der Waals surface area contributed by atoms with Gasteiger partial charge in [-0.25, -0.2) is 15.0 Å². The molecular formula is C9H6Br9N3. The van der Waals surface area contributed by atoms with Gasteiger partial charge in [0.2, 0.25) is 0 Å². The molecule has 0 spiro atoms. The SMILES string of the molecule is BrC(Br)C(Br)c1nc(C(Br)C(Br)Br)nc(C(Br)C(Br)Br)n1. The standard InChI is InChI=1S/C9H6Br9N3/c10-1(4(13)14)7-19-8(2(11)5(15)16)21-9(20-7)3(12)6(17)18/h1-6H. The van der Waals surface area contributed by atoms with Crippen molar-refractivity contribution in [1.82, 2.24) is 15.0 Å². The van der Waals surface area contributed by atoms with Crippen LogP contribution < -0.4 is 0 Å². The van der Waals surface area contributed by atoms with Gasteiger partial charge in [-0.1, -0.05) is 143 Å². The third-order valence-corrected chi connectivity index (χ3v) is 12.3. The van der Waals surface area contributed by atoms with Crippen molar-refractivity contribution in [3.05, 3.63) is 17.5 Å². The lowest BCUT2D eigenvalue weighted by molar-refractivity contribution is 0.764. The average Bonchev–Trinajstić information content (AvgIpc) is 2.43. The minimum absolute atomic E-state index is 0.00289. The summed E-state index contributed by atoms with van der Waals surface area (Å²) in [6, 6.07) is 0. The Labute approximate surface area is 198 Å². The highest BCUT2D eigenvalue weighted by molar-refractivity contribution is 9.26. The fourth-order valence-corrected chi connectivity index (χ4v) is 3.17. The smallest absolute Gasteiger partial charge is 0.148 e. The van der Waals surface area contributed by atoms with E-state index in [4.69, 9.17) is 0 Å². The number of hydrogen-bond acceptors (Lipinski definition) is 3. The van der Waals surface area contributed by atoms with Gasteiger partial charge in [0, 0.05) is 0 Å². The zero-order valence-corrected chi connectivity index (χ0v) is 24.0. The molecular weight excluding hydrogens is 869 g/mol. The van der Waals surface area contributed by atoms with Crippen LogP contribution in [-0.4, -0.2) is 26.2 Å². The third-order valence-electron chi connectivity index (χ3n) is 2.09. The van der Waals surface area contributed by atoms with Gasteiger partial charge in [0.1, 0.15) is 17.5 Å². The van der Waals surface area contributed by atoms with Crippen molar-refractivity contribution in [1.29, 1.82) is 0 Å². The Bertz CT molecular complexity index is 391. The van der Waals surface area contributed by atoms with Crippen molar-refractivity contribution < 1.29 is 0 Å². The molecule has 0 bridgehead atoms. The zero-order chi connectivity index (χ0) is 16.3. The molecule has 3 unspecified atom stereocenters. The van der Waals surface area contributed by atoms with Crippen molar-refractivity contribution in [2.75, 3.05) is 0 Å². The van der Waals surface area contributed by atoms with Gasteiger partial charge in [-0.15, -0.1) is 0 Å². The molecule has 0 fully saturated rings. The number of halogens is 9. The van der Waals surface area contributed by atoms with E-state index in [1.165, 1.54) is 0 Å². The predicted octanol–water partition coefficient (Wildman–Crippen LogP) is 7.53. The summed E-state index contributed by atoms with van der Waals surface area (Å²) < 4.78 is 0.00868. The zero-order valence-electron chi connectivity index (χ0n) is 9.71. The summed E-state index contributed by atoms with van der Waals surface area (Å²) in [5.74, 6) is 1.93. The first-order chi connectivity index (χ1) is 9.65. The van der Waals surface area contributed by atoms with E-state index in [1.54, 1.807) is 0 Å². The highest BCUT2D eigenvalue weighted by atomic mass is 79.9. The van der Waals surface area contributed by atoms with Gasteiger partial charge in [0.15, 0.2) is 0 Å². The van der Waals surface area contributed by atoms with Crippen LogP contribution in [-0.2, 0) is 0 Å². The molecule has 3 atom stereocenters. The molecule has 0 saturated carbocycles. The lowest BCUT2D eigenvalue weighted by Crippen LogP contribution is -2.16. The number of hydrogen-bond donors (Lipinski definition) is 0. The van der Waals surface area contributed by atoms with Gasteiger partial charge >= 0.3 is 0 Å². The van der Waals surface area contributed by atoms with E-state index in [0.29, 0.717) is 17.5 Å². The molecule has 0 aromatic carbocycles. The second-order valence-corrected chi connectivity index (χ2v) is 16.2. The van der Waals surface area contributed by atoms with Crippen LogP contribution in [0.4, 0.5) is 0 Å². The Balaban J connectivity index is 3.32. The van der Waals surface area contributed by atoms with Crippen LogP contribution >= 0.6 is 143 Å². The van der Waals surface area contributed by atoms with Crippen LogP contribution in [0.2, 0.25) is 0 Å². The molecule has 12 heteroatoms. The fraction of sp³-hybridized carbons (Fsp3) is 0.667. The summed E-state index contributed by atoms with van der Waals surface area (Å²) in [4.78, 5) is 13.3. The monoisotopic (exact) mass is 866 g/mol. The van der Waals surface area contributed by atoms with Gasteiger partial charge in [-0.05, 0) is 0 Å². The molecule has 0 radical (unpaired) electrons. The topological polar surface area (TPSA) is 38.7 Å². The molecule has 0 amide bonds. The fourth-order valence-electron chi connectivity index (χ4n) is 1.14. The van der Waals surface area contributed by atoms with Crippen LogP contribution in [0.3, 0.4) is 0 Å². The Kier molecular flexibility index (Phi) is 11.2. The lowest BCUT2D eigenvalue weighted by atomic mass is 10.3. The summed E-state index contributed by atoms with van der Waals surface area (Å²) >= 11 is 31.5. The summed E-state index contributed by atoms with van der Waals surface area (Å²) in [5, 5.41) is 0. The quantitative estimate of drug-likeness (QED) is 0.278. The van der Waals surface area contributed by atoms with E-state index < -0.39 is 0 Å². The van der Waals surface area contributed by atoms with Gasteiger partial charge in [-0.3, -0.25) is 0 Å². The maximum absolute atomic E-state index is 4.53. The number of rotatable bonds is 6. The Morgan fingerprint density at radius 2 is 0.619 bits per heavy atom. The van der Waals surface area contributed by atoms with Crippen LogP contribution in [0.15, 0.2) is 0 Å². The first-order valence-corrected chi connectivity index (χ1v) is 13.4. The molecule has 0 N–H and O–H groups in total. The van der Waals surface area contributed by atoms with E-state index in [-0.39, 0.29) is 25.7 Å². The van der Waals surface area contributed by atoms with Crippen molar-refractivity contribution in [2.45, 2.75) is 25.7 Å². The third kappa shape index (κ3) is 6.86. The van der Waals surface area contributed by atoms with E-state index in [2.05, 4.69) is 158 Å². The number of aromatic nitrogens is 3. The largest absolute Gasteiger partial charge is 0.215 e. The van der Waals surface area contributed by atoms with E-state index in [0.717, 1.165) is 0 Å². The maximum atomic E-state index is 4.53. The first kappa shape index (κ1) is 22.4. The molecule has 21 heavy (non-hydrogen) atoms. The van der Waals surface area contributed by atoms with Crippen LogP contribution in [0.1, 0.15) is 32.0 Å². The summed E-state index contributed by atoms with van der Waals surface area (Å²) in [5.41, 5.74) is 0. The molecule has 1 aromatic heterocycles. The van der Waals surface area contributed by atoms with E-state index in [9.17, 15) is 0 Å². The van der Waals surface area contributed by atoms with Gasteiger partial charge in [-0.2, -0.15) is 0 Å². The van der Waals surface area contributed by atoms with Crippen molar-refractivity contribution in [3.8, 4) is 0 Å². The lowest BCUT2D eigenvalue weighted by Gasteiger charge is -2.18. The maximum Gasteiger partial charge on any atom is 0.148 e. The molecule has 120 valence electrons. The van der Waals surface area contributed by atoms with Crippen molar-refractivity contribution >= 4 is 143 Å². The number of nitrogens with zero attached hydrogens (tertiary/aromatic N) is 3. The highest BCUT2D eigenvalue weighted by Crippen LogP contribution is 2.39. The molecule has 0 saturated heterocycles. The van der Waals surface area contributed by atoms with Crippen molar-refractivity contribution in [3.63, 3.8) is 0 Å². The number of alkyl halides is 9. The molecule has 3 nitrogen and oxygen atoms in total. The van der Waals surface area contributed by atoms with Gasteiger partial charge in [0.05, 0.1) is 25.7 Å². The molecule has 0 aliphatic heterocycles. The summed E-state index contributed by atoms with van der Waals surface area (Å²) in [7, 11) is 0. The first-order valence-electron chi connectivity index (χ1n) is 5.17. The van der Waals surface area contributed by atoms with Crippen molar-refractivity contribution in [2.24, 2.45) is 0 Å². The van der Waals surface area contributed by atoms with E-state index in [1.807, 2.05) is 0 Å². The highest BCUT2D eigenvalue weighted by Gasteiger charge is 2.27. The molecule has 1 aromatic rings. The Morgan fingerprint density at radius 3 is 0.762 bits per heavy atom. The molecule has 1 rings (SSSR count). The molecule has 0 aliphatic rings. The normalized spacial score (nSPS) is 16.6. The Morgan fingerprint density at radius 1 is 0.429 bits per heavy atom. The minimum atomic E-state index is -0.0920. The van der Waals surface area contributed by atoms with Gasteiger partial charge in [0.25, 0.3) is 0 Å². The van der Waals surface area contributed by atoms with Crippen LogP contribution in [0.25, 0.3) is 0 Å².